The Morgan fingerprint density at radius 1 is 1.17 bits per heavy atom. The van der Waals surface area contributed by atoms with E-state index in [1.807, 2.05) is 62.4 Å². The van der Waals surface area contributed by atoms with Crippen LogP contribution in [0.1, 0.15) is 65.4 Å². The molecule has 4 nitrogen and oxygen atoms in total. The Morgan fingerprint density at radius 2 is 1.89 bits per heavy atom. The third-order valence-electron chi connectivity index (χ3n) is 5.48. The summed E-state index contributed by atoms with van der Waals surface area (Å²) in [6, 6.07) is 7.08. The number of benzene rings is 1. The molecule has 1 aromatic carbocycles. The van der Waals surface area contributed by atoms with Crippen LogP contribution in [0.3, 0.4) is 0 Å². The van der Waals surface area contributed by atoms with Gasteiger partial charge in [0.15, 0.2) is 5.97 Å². The molecule has 0 heterocycles. The van der Waals surface area contributed by atoms with Crippen molar-refractivity contribution in [3.63, 3.8) is 0 Å². The van der Waals surface area contributed by atoms with Gasteiger partial charge in [-0.15, -0.1) is 6.58 Å². The molecule has 0 saturated heterocycles. The van der Waals surface area contributed by atoms with E-state index in [4.69, 9.17) is 0 Å². The molecule has 1 unspecified atom stereocenters. The molecule has 2 N–H and O–H groups in total. The molecule has 1 amide bonds. The maximum absolute atomic E-state index is 12.7. The fraction of sp³-hybridized carbons (Fsp3) is 0.355. The highest BCUT2D eigenvalue weighted by atomic mass is 19.1. The molecule has 36 heavy (non-hydrogen) atoms. The normalized spacial score (nSPS) is 14.2. The fourth-order valence-corrected chi connectivity index (χ4v) is 3.62. The van der Waals surface area contributed by atoms with Gasteiger partial charge in [-0.05, 0) is 81.7 Å². The Morgan fingerprint density at radius 3 is 2.53 bits per heavy atom. The first kappa shape index (κ1) is 30.6. The predicted octanol–water partition coefficient (Wildman–Crippen LogP) is 8.01. The zero-order chi connectivity index (χ0) is 26.8. The van der Waals surface area contributed by atoms with Gasteiger partial charge in [0, 0.05) is 26.1 Å². The number of amides is 1. The Hall–Kier alpha value is -3.47. The van der Waals surface area contributed by atoms with Gasteiger partial charge in [-0.1, -0.05) is 59.7 Å². The molecule has 0 saturated carbocycles. The van der Waals surface area contributed by atoms with Gasteiger partial charge in [0.25, 0.3) is 0 Å². The largest absolute Gasteiger partial charge is 0.508 e. The van der Waals surface area contributed by atoms with E-state index in [-0.39, 0.29) is 11.7 Å². The lowest BCUT2D eigenvalue weighted by atomic mass is 9.89. The smallest absolute Gasteiger partial charge is 0.220 e. The second-order valence-corrected chi connectivity index (χ2v) is 8.86. The molecule has 0 spiro atoms. The number of nitrogens with one attached hydrogen (secondary N) is 1. The van der Waals surface area contributed by atoms with Crippen molar-refractivity contribution in [3.8, 4) is 5.75 Å². The zero-order valence-corrected chi connectivity index (χ0v) is 22.1. The number of hydrogen-bond donors (Lipinski definition) is 2. The van der Waals surface area contributed by atoms with Crippen LogP contribution in [-0.4, -0.2) is 23.5 Å². The van der Waals surface area contributed by atoms with E-state index >= 15 is 0 Å². The van der Waals surface area contributed by atoms with Crippen LogP contribution >= 0.6 is 0 Å². The second-order valence-electron chi connectivity index (χ2n) is 8.86. The average molecular weight is 493 g/mol. The zero-order valence-electron chi connectivity index (χ0n) is 22.1. The van der Waals surface area contributed by atoms with Crippen molar-refractivity contribution < 1.29 is 14.3 Å². The van der Waals surface area contributed by atoms with Gasteiger partial charge in [0.1, 0.15) is 5.75 Å². The molecule has 0 radical (unpaired) electrons. The summed E-state index contributed by atoms with van der Waals surface area (Å²) in [6.45, 7) is 12.0. The van der Waals surface area contributed by atoms with Crippen LogP contribution in [0.25, 0.3) is 5.57 Å². The van der Waals surface area contributed by atoms with Crippen molar-refractivity contribution in [1.29, 1.82) is 0 Å². The summed E-state index contributed by atoms with van der Waals surface area (Å²) in [7, 11) is 0. The third-order valence-corrected chi connectivity index (χ3v) is 5.48. The Balaban J connectivity index is 2.47. The van der Waals surface area contributed by atoms with Crippen molar-refractivity contribution in [3.05, 3.63) is 96.3 Å². The first-order chi connectivity index (χ1) is 17.2. The Kier molecular flexibility index (Phi) is 15.2. The highest BCUT2D eigenvalue weighted by molar-refractivity contribution is 5.76. The van der Waals surface area contributed by atoms with Crippen LogP contribution in [-0.2, 0) is 4.79 Å². The van der Waals surface area contributed by atoms with E-state index in [0.717, 1.165) is 36.0 Å². The number of carbonyl (C=O) groups excluding carboxylic acids is 1. The average Bonchev–Trinajstić information content (AvgIpc) is 2.83. The number of nitrogens with zero attached hydrogens (tertiary/aromatic N) is 1. The number of allylic oxidation sites excluding steroid dienone is 10. The van der Waals surface area contributed by atoms with Crippen LogP contribution in [0.5, 0.6) is 5.75 Å². The maximum atomic E-state index is 12.7. The monoisotopic (exact) mass is 492 g/mol. The first-order valence-corrected chi connectivity index (χ1v) is 12.5. The van der Waals surface area contributed by atoms with E-state index in [9.17, 15) is 14.3 Å². The molecule has 1 rings (SSSR count). The number of rotatable bonds is 15. The van der Waals surface area contributed by atoms with Gasteiger partial charge in [0.2, 0.25) is 5.91 Å². The molecule has 0 fully saturated rings. The van der Waals surface area contributed by atoms with E-state index in [1.165, 1.54) is 18.7 Å². The van der Waals surface area contributed by atoms with Gasteiger partial charge in [-0.2, -0.15) is 4.39 Å². The van der Waals surface area contributed by atoms with Crippen molar-refractivity contribution >= 4 is 17.4 Å². The number of carbonyl (C=O) groups is 1. The molecule has 0 aliphatic carbocycles. The molecule has 1 aromatic rings. The quantitative estimate of drug-likeness (QED) is 0.113. The van der Waals surface area contributed by atoms with Crippen molar-refractivity contribution in [2.75, 3.05) is 6.54 Å². The van der Waals surface area contributed by atoms with Gasteiger partial charge in [0.05, 0.1) is 0 Å². The lowest BCUT2D eigenvalue weighted by molar-refractivity contribution is -0.121. The molecular weight excluding hydrogens is 451 g/mol. The molecule has 0 aliphatic heterocycles. The minimum atomic E-state index is -0.467. The number of hydrogen-bond acceptors (Lipinski definition) is 3. The van der Waals surface area contributed by atoms with E-state index in [1.54, 1.807) is 18.2 Å². The van der Waals surface area contributed by atoms with E-state index in [0.29, 0.717) is 25.3 Å². The van der Waals surface area contributed by atoms with E-state index in [2.05, 4.69) is 23.8 Å². The maximum Gasteiger partial charge on any atom is 0.220 e. The number of phenols is 1. The van der Waals surface area contributed by atoms with Crippen molar-refractivity contribution in [2.45, 2.75) is 59.8 Å². The lowest BCUT2D eigenvalue weighted by Crippen LogP contribution is -2.24. The summed E-state index contributed by atoms with van der Waals surface area (Å²) in [5.74, 6) is 0.146. The molecule has 1 atom stereocenters. The minimum Gasteiger partial charge on any atom is -0.508 e. The standard InChI is InChI=1S/C31H41FN2O2/c1-6-12-27(28-17-19-30(35)20-18-28)14-8-7-9-16-31(36)34-22-11-15-29(23-24(2)3)25(4)13-10-21-33-26(5)32/h6-8,10,12-14,17-21,29,35H,2,9,11,15-16,22-23H2,1,3-5H3,(H,34,36)/b8-7+,12-6-,21-10-,25-13+,27-14+,33-26?. The summed E-state index contributed by atoms with van der Waals surface area (Å²) in [4.78, 5) is 15.8. The van der Waals surface area contributed by atoms with Crippen molar-refractivity contribution in [2.24, 2.45) is 10.9 Å². The molecule has 0 aromatic heterocycles. The number of halogens is 1. The molecule has 0 aliphatic rings. The van der Waals surface area contributed by atoms with Gasteiger partial charge >= 0.3 is 0 Å². The van der Waals surface area contributed by atoms with Crippen LogP contribution in [0.4, 0.5) is 4.39 Å². The Labute approximate surface area is 216 Å². The van der Waals surface area contributed by atoms with Crippen LogP contribution in [0, 0.1) is 5.92 Å². The van der Waals surface area contributed by atoms with Gasteiger partial charge < -0.3 is 10.4 Å². The van der Waals surface area contributed by atoms with Crippen LogP contribution < -0.4 is 5.32 Å². The highest BCUT2D eigenvalue weighted by Gasteiger charge is 2.11. The van der Waals surface area contributed by atoms with Crippen LogP contribution in [0.15, 0.2) is 95.7 Å². The lowest BCUT2D eigenvalue weighted by Gasteiger charge is -2.18. The first-order valence-electron chi connectivity index (χ1n) is 12.5. The number of aromatic hydroxyl groups is 1. The molecule has 194 valence electrons. The summed E-state index contributed by atoms with van der Waals surface area (Å²) < 4.78 is 12.7. The minimum absolute atomic E-state index is 0.0435. The predicted molar refractivity (Wildman–Crippen MR) is 152 cm³/mol. The fourth-order valence-electron chi connectivity index (χ4n) is 3.62. The highest BCUT2D eigenvalue weighted by Crippen LogP contribution is 2.24. The summed E-state index contributed by atoms with van der Waals surface area (Å²) in [5.41, 5.74) is 4.35. The topological polar surface area (TPSA) is 61.7 Å². The SMILES string of the molecule is C=C(C)CC(CCCNC(=O)CC/C=C/C=C(\C=C/C)c1ccc(O)cc1)/C(C)=C/C=C\N=C(C)F. The van der Waals surface area contributed by atoms with Gasteiger partial charge in [-0.25, -0.2) is 4.99 Å². The summed E-state index contributed by atoms with van der Waals surface area (Å²) >= 11 is 0. The van der Waals surface area contributed by atoms with Crippen molar-refractivity contribution in [1.82, 2.24) is 5.32 Å². The summed E-state index contributed by atoms with van der Waals surface area (Å²) in [6.07, 6.45) is 18.9. The van der Waals surface area contributed by atoms with E-state index < -0.39 is 5.97 Å². The Bertz CT molecular complexity index is 1010. The summed E-state index contributed by atoms with van der Waals surface area (Å²) in [5, 5.41) is 12.5. The molecule has 5 heteroatoms. The van der Waals surface area contributed by atoms with Crippen LogP contribution in [0.2, 0.25) is 0 Å². The number of aliphatic imine (C=N–C) groups is 1. The molecule has 0 bridgehead atoms. The van der Waals surface area contributed by atoms with Gasteiger partial charge in [-0.3, -0.25) is 4.79 Å². The second kappa shape index (κ2) is 17.9. The third kappa shape index (κ3) is 14.1. The molecular formula is C31H41FN2O2. The number of phenolic OH excluding ortho intramolecular Hbond substituents is 1.